The van der Waals surface area contributed by atoms with Crippen molar-refractivity contribution in [3.8, 4) is 11.3 Å². The van der Waals surface area contributed by atoms with Gasteiger partial charge in [-0.3, -0.25) is 4.79 Å². The van der Waals surface area contributed by atoms with E-state index in [-0.39, 0.29) is 18.3 Å². The number of hydrogen-bond donors (Lipinski definition) is 1. The molecule has 2 aromatic heterocycles. The highest BCUT2D eigenvalue weighted by atomic mass is 35.5. The first-order valence-electron chi connectivity index (χ1n) is 9.37. The molecule has 148 valence electrons. The summed E-state index contributed by atoms with van der Waals surface area (Å²) in [6.07, 6.45) is 2.09. The van der Waals surface area contributed by atoms with Crippen molar-refractivity contribution in [3.05, 3.63) is 47.2 Å². The SMILES string of the molecule is CNC1CCCN(C(=O)c2cc(-c3ccc(C)cc3)nc3onc(C)c23)C1.Cl. The lowest BCUT2D eigenvalue weighted by Gasteiger charge is -2.32. The maximum absolute atomic E-state index is 13.4. The van der Waals surface area contributed by atoms with Gasteiger partial charge >= 0.3 is 0 Å². The van der Waals surface area contributed by atoms with Gasteiger partial charge in [0.1, 0.15) is 0 Å². The molecule has 1 saturated heterocycles. The fourth-order valence-corrected chi connectivity index (χ4v) is 3.70. The number of amides is 1. The molecule has 0 radical (unpaired) electrons. The zero-order chi connectivity index (χ0) is 19.0. The van der Waals surface area contributed by atoms with Crippen molar-refractivity contribution in [2.45, 2.75) is 32.7 Å². The summed E-state index contributed by atoms with van der Waals surface area (Å²) < 4.78 is 5.41. The summed E-state index contributed by atoms with van der Waals surface area (Å²) in [5.74, 6) is 0.0158. The second-order valence-electron chi connectivity index (χ2n) is 7.25. The van der Waals surface area contributed by atoms with Crippen LogP contribution in [0.5, 0.6) is 0 Å². The average molecular weight is 401 g/mol. The van der Waals surface area contributed by atoms with Crippen LogP contribution in [0.2, 0.25) is 0 Å². The summed E-state index contributed by atoms with van der Waals surface area (Å²) in [6, 6.07) is 10.3. The lowest BCUT2D eigenvalue weighted by atomic mass is 10.0. The number of carbonyl (C=O) groups is 1. The maximum Gasteiger partial charge on any atom is 0.259 e. The lowest BCUT2D eigenvalue weighted by molar-refractivity contribution is 0.0700. The van der Waals surface area contributed by atoms with Crippen LogP contribution in [-0.4, -0.2) is 47.1 Å². The van der Waals surface area contributed by atoms with Crippen LogP contribution in [0.3, 0.4) is 0 Å². The fraction of sp³-hybridized carbons (Fsp3) is 0.381. The van der Waals surface area contributed by atoms with Crippen molar-refractivity contribution >= 4 is 29.4 Å². The predicted octanol–water partition coefficient (Wildman–Crippen LogP) is 3.75. The summed E-state index contributed by atoms with van der Waals surface area (Å²) in [4.78, 5) is 19.9. The topological polar surface area (TPSA) is 71.3 Å². The van der Waals surface area contributed by atoms with Crippen LogP contribution in [0, 0.1) is 13.8 Å². The van der Waals surface area contributed by atoms with Crippen LogP contribution in [0.4, 0.5) is 0 Å². The summed E-state index contributed by atoms with van der Waals surface area (Å²) in [7, 11) is 1.95. The zero-order valence-corrected chi connectivity index (χ0v) is 17.2. The van der Waals surface area contributed by atoms with Crippen molar-refractivity contribution in [1.29, 1.82) is 0 Å². The van der Waals surface area contributed by atoms with Crippen LogP contribution in [0.15, 0.2) is 34.9 Å². The monoisotopic (exact) mass is 400 g/mol. The molecule has 1 N–H and O–H groups in total. The highest BCUT2D eigenvalue weighted by Gasteiger charge is 2.27. The van der Waals surface area contributed by atoms with Gasteiger partial charge in [0.05, 0.1) is 22.3 Å². The number of nitrogens with one attached hydrogen (secondary N) is 1. The third-order valence-electron chi connectivity index (χ3n) is 5.31. The third kappa shape index (κ3) is 3.75. The number of piperidine rings is 1. The van der Waals surface area contributed by atoms with Gasteiger partial charge in [0.15, 0.2) is 0 Å². The number of aryl methyl sites for hydroxylation is 2. The van der Waals surface area contributed by atoms with Gasteiger partial charge in [-0.25, -0.2) is 4.98 Å². The van der Waals surface area contributed by atoms with Gasteiger partial charge in [0, 0.05) is 24.7 Å². The number of pyridine rings is 1. The van der Waals surface area contributed by atoms with Crippen LogP contribution in [0.1, 0.15) is 34.5 Å². The molecule has 1 atom stereocenters. The van der Waals surface area contributed by atoms with Crippen LogP contribution >= 0.6 is 12.4 Å². The number of rotatable bonds is 3. The molecule has 28 heavy (non-hydrogen) atoms. The van der Waals surface area contributed by atoms with Gasteiger partial charge in [-0.2, -0.15) is 0 Å². The van der Waals surface area contributed by atoms with Crippen molar-refractivity contribution in [3.63, 3.8) is 0 Å². The van der Waals surface area contributed by atoms with E-state index in [9.17, 15) is 4.79 Å². The minimum atomic E-state index is 0. The Morgan fingerprint density at radius 1 is 1.25 bits per heavy atom. The van der Waals surface area contributed by atoms with E-state index in [1.54, 1.807) is 0 Å². The number of benzene rings is 1. The number of halogens is 1. The molecule has 1 aliphatic rings. The molecular weight excluding hydrogens is 376 g/mol. The van der Waals surface area contributed by atoms with Gasteiger partial charge in [0.25, 0.3) is 11.6 Å². The van der Waals surface area contributed by atoms with Crippen molar-refractivity contribution in [2.75, 3.05) is 20.1 Å². The number of likely N-dealkylation sites (N-methyl/N-ethyl adjacent to an activating group) is 1. The minimum Gasteiger partial charge on any atom is -0.337 e. The van der Waals surface area contributed by atoms with Gasteiger partial charge in [-0.1, -0.05) is 35.0 Å². The van der Waals surface area contributed by atoms with E-state index in [0.29, 0.717) is 34.9 Å². The molecule has 7 heteroatoms. The Morgan fingerprint density at radius 3 is 2.71 bits per heavy atom. The largest absolute Gasteiger partial charge is 0.337 e. The number of likely N-dealkylation sites (tertiary alicyclic amines) is 1. The van der Waals surface area contributed by atoms with Crippen LogP contribution in [-0.2, 0) is 0 Å². The van der Waals surface area contributed by atoms with Gasteiger partial charge in [0.2, 0.25) is 0 Å². The molecule has 0 aliphatic carbocycles. The smallest absolute Gasteiger partial charge is 0.259 e. The highest BCUT2D eigenvalue weighted by Crippen LogP contribution is 2.28. The molecule has 0 saturated carbocycles. The minimum absolute atomic E-state index is 0. The second-order valence-corrected chi connectivity index (χ2v) is 7.25. The molecule has 6 nitrogen and oxygen atoms in total. The molecule has 1 fully saturated rings. The Labute approximate surface area is 170 Å². The summed E-state index contributed by atoms with van der Waals surface area (Å²) in [5, 5.41) is 8.04. The number of carbonyl (C=O) groups excluding carboxylic acids is 1. The number of nitrogens with zero attached hydrogens (tertiary/aromatic N) is 3. The summed E-state index contributed by atoms with van der Waals surface area (Å²) in [6.45, 7) is 5.38. The summed E-state index contributed by atoms with van der Waals surface area (Å²) >= 11 is 0. The molecule has 1 unspecified atom stereocenters. The first-order valence-corrected chi connectivity index (χ1v) is 9.37. The van der Waals surface area contributed by atoms with Gasteiger partial charge in [-0.05, 0) is 39.8 Å². The predicted molar refractivity (Wildman–Crippen MR) is 112 cm³/mol. The van der Waals surface area contributed by atoms with E-state index < -0.39 is 0 Å². The second kappa shape index (κ2) is 8.29. The molecule has 0 spiro atoms. The van der Waals surface area contributed by atoms with Crippen molar-refractivity contribution < 1.29 is 9.32 Å². The normalized spacial score (nSPS) is 16.8. The first-order chi connectivity index (χ1) is 13.1. The molecule has 0 bridgehead atoms. The van der Waals surface area contributed by atoms with Gasteiger partial charge in [-0.15, -0.1) is 12.4 Å². The van der Waals surface area contributed by atoms with E-state index in [1.165, 1.54) is 5.56 Å². The molecular formula is C21H25ClN4O2. The van der Waals surface area contributed by atoms with Gasteiger partial charge < -0.3 is 14.7 Å². The van der Waals surface area contributed by atoms with Crippen molar-refractivity contribution in [2.24, 2.45) is 0 Å². The Balaban J connectivity index is 0.00000225. The van der Waals surface area contributed by atoms with E-state index in [0.717, 1.165) is 30.6 Å². The van der Waals surface area contributed by atoms with E-state index in [1.807, 2.05) is 56.1 Å². The molecule has 1 amide bonds. The highest BCUT2D eigenvalue weighted by molar-refractivity contribution is 6.07. The van der Waals surface area contributed by atoms with Crippen molar-refractivity contribution in [1.82, 2.24) is 20.4 Å². The maximum atomic E-state index is 13.4. The average Bonchev–Trinajstić information content (AvgIpc) is 3.08. The number of fused-ring (bicyclic) bond motifs is 1. The quantitative estimate of drug-likeness (QED) is 0.724. The molecule has 1 aliphatic heterocycles. The number of aromatic nitrogens is 2. The Kier molecular flexibility index (Phi) is 6.01. The fourth-order valence-electron chi connectivity index (χ4n) is 3.70. The third-order valence-corrected chi connectivity index (χ3v) is 5.31. The summed E-state index contributed by atoms with van der Waals surface area (Å²) in [5.41, 5.74) is 4.58. The Hall–Kier alpha value is -2.44. The zero-order valence-electron chi connectivity index (χ0n) is 16.4. The Bertz CT molecular complexity index is 984. The lowest BCUT2D eigenvalue weighted by Crippen LogP contribution is -2.47. The van der Waals surface area contributed by atoms with E-state index in [4.69, 9.17) is 4.52 Å². The first kappa shape index (κ1) is 20.3. The molecule has 1 aromatic carbocycles. The number of hydrogen-bond acceptors (Lipinski definition) is 5. The van der Waals surface area contributed by atoms with E-state index in [2.05, 4.69) is 15.5 Å². The molecule has 3 aromatic rings. The Morgan fingerprint density at radius 2 is 2.00 bits per heavy atom. The standard InChI is InChI=1S/C21H24N4O2.ClH/c1-13-6-8-15(9-7-13)18-11-17(19-14(2)24-27-20(19)23-18)21(26)25-10-4-5-16(12-25)22-3;/h6-9,11,16,22H,4-5,10,12H2,1-3H3;1H. The van der Waals surface area contributed by atoms with E-state index >= 15 is 0 Å². The van der Waals surface area contributed by atoms with Crippen LogP contribution in [0.25, 0.3) is 22.4 Å². The molecule has 3 heterocycles. The molecule has 4 rings (SSSR count). The van der Waals surface area contributed by atoms with Crippen LogP contribution < -0.4 is 5.32 Å².